The van der Waals surface area contributed by atoms with Crippen molar-refractivity contribution in [2.75, 3.05) is 26.0 Å². The summed E-state index contributed by atoms with van der Waals surface area (Å²) < 4.78 is 29.3. The molecule has 0 bridgehead atoms. The zero-order valence-corrected chi connectivity index (χ0v) is 14.9. The molecule has 0 fully saturated rings. The van der Waals surface area contributed by atoms with Gasteiger partial charge in [0.2, 0.25) is 5.91 Å². The molecule has 1 aromatic rings. The predicted octanol–water partition coefficient (Wildman–Crippen LogP) is 0.848. The van der Waals surface area contributed by atoms with Gasteiger partial charge in [-0.15, -0.1) is 0 Å². The minimum absolute atomic E-state index is 0.0135. The Morgan fingerprint density at radius 3 is 2.30 bits per heavy atom. The van der Waals surface area contributed by atoms with Gasteiger partial charge in [0.15, 0.2) is 9.84 Å². The van der Waals surface area contributed by atoms with Gasteiger partial charge in [0.25, 0.3) is 0 Å². The van der Waals surface area contributed by atoms with Crippen molar-refractivity contribution in [2.24, 2.45) is 5.73 Å². The van der Waals surface area contributed by atoms with Gasteiger partial charge in [0, 0.05) is 13.7 Å². The molecule has 3 N–H and O–H groups in total. The van der Waals surface area contributed by atoms with Crippen LogP contribution < -0.4 is 11.1 Å². The van der Waals surface area contributed by atoms with Crippen molar-refractivity contribution in [1.29, 1.82) is 0 Å². The standard InChI is InChI=1S/C16H26N2O4S/c1-16(2,3)12-5-7-13(8-6-12)23(20,21)10-9-18-15(19)14(17)11-22-4/h5-8,14H,9-11,17H2,1-4H3,(H,18,19). The fourth-order valence-corrected chi connectivity index (χ4v) is 3.13. The van der Waals surface area contributed by atoms with E-state index >= 15 is 0 Å². The molecule has 1 amide bonds. The summed E-state index contributed by atoms with van der Waals surface area (Å²) in [5.74, 6) is -0.599. The van der Waals surface area contributed by atoms with E-state index < -0.39 is 21.8 Å². The van der Waals surface area contributed by atoms with Crippen LogP contribution in [0.1, 0.15) is 26.3 Å². The Hall–Kier alpha value is -1.44. The Bertz CT molecular complexity index is 618. The third kappa shape index (κ3) is 5.93. The first-order chi connectivity index (χ1) is 10.6. The number of ether oxygens (including phenoxy) is 1. The number of rotatable bonds is 7. The molecule has 1 unspecified atom stereocenters. The number of hydrogen-bond donors (Lipinski definition) is 2. The molecule has 0 saturated heterocycles. The van der Waals surface area contributed by atoms with Gasteiger partial charge < -0.3 is 15.8 Å². The number of sulfone groups is 1. The van der Waals surface area contributed by atoms with E-state index in [2.05, 4.69) is 26.1 Å². The normalized spacial score (nSPS) is 13.6. The van der Waals surface area contributed by atoms with Crippen LogP contribution >= 0.6 is 0 Å². The smallest absolute Gasteiger partial charge is 0.239 e. The minimum Gasteiger partial charge on any atom is -0.383 e. The van der Waals surface area contributed by atoms with Crippen LogP contribution in [0.15, 0.2) is 29.2 Å². The Morgan fingerprint density at radius 2 is 1.83 bits per heavy atom. The van der Waals surface area contributed by atoms with Gasteiger partial charge in [-0.2, -0.15) is 0 Å². The van der Waals surface area contributed by atoms with E-state index in [9.17, 15) is 13.2 Å². The first-order valence-electron chi connectivity index (χ1n) is 7.43. The monoisotopic (exact) mass is 342 g/mol. The van der Waals surface area contributed by atoms with E-state index in [1.165, 1.54) is 7.11 Å². The molecule has 23 heavy (non-hydrogen) atoms. The number of carbonyl (C=O) groups excluding carboxylic acids is 1. The SMILES string of the molecule is COCC(N)C(=O)NCCS(=O)(=O)c1ccc(C(C)(C)C)cc1. The Morgan fingerprint density at radius 1 is 1.26 bits per heavy atom. The maximum Gasteiger partial charge on any atom is 0.239 e. The molecule has 6 nitrogen and oxygen atoms in total. The van der Waals surface area contributed by atoms with Crippen LogP contribution in [0.2, 0.25) is 0 Å². The van der Waals surface area contributed by atoms with E-state index in [1.54, 1.807) is 12.1 Å². The summed E-state index contributed by atoms with van der Waals surface area (Å²) in [5, 5.41) is 2.51. The van der Waals surface area contributed by atoms with Crippen molar-refractivity contribution >= 4 is 15.7 Å². The third-order valence-corrected chi connectivity index (χ3v) is 5.16. The number of hydrogen-bond acceptors (Lipinski definition) is 5. The Kier molecular flexibility index (Phi) is 6.73. The average molecular weight is 342 g/mol. The Labute approximate surface area is 138 Å². The highest BCUT2D eigenvalue weighted by Gasteiger charge is 2.19. The van der Waals surface area contributed by atoms with Gasteiger partial charge in [0.05, 0.1) is 17.3 Å². The fourth-order valence-electron chi connectivity index (χ4n) is 1.98. The van der Waals surface area contributed by atoms with Crippen molar-refractivity contribution in [3.05, 3.63) is 29.8 Å². The zero-order chi connectivity index (χ0) is 17.7. The highest BCUT2D eigenvalue weighted by molar-refractivity contribution is 7.91. The summed E-state index contributed by atoms with van der Waals surface area (Å²) >= 11 is 0. The first-order valence-corrected chi connectivity index (χ1v) is 9.08. The molecule has 1 rings (SSSR count). The van der Waals surface area contributed by atoms with Crippen LogP contribution in [0.25, 0.3) is 0 Å². The maximum atomic E-state index is 12.3. The van der Waals surface area contributed by atoms with Crippen LogP contribution in [0.5, 0.6) is 0 Å². The molecule has 1 atom stereocenters. The molecule has 0 spiro atoms. The van der Waals surface area contributed by atoms with E-state index in [0.717, 1.165) is 5.56 Å². The van der Waals surface area contributed by atoms with Gasteiger partial charge in [0.1, 0.15) is 6.04 Å². The molecule has 1 aromatic carbocycles. The lowest BCUT2D eigenvalue weighted by Gasteiger charge is -2.19. The minimum atomic E-state index is -3.44. The quantitative estimate of drug-likeness (QED) is 0.765. The van der Waals surface area contributed by atoms with Crippen molar-refractivity contribution in [3.8, 4) is 0 Å². The van der Waals surface area contributed by atoms with Crippen molar-refractivity contribution in [1.82, 2.24) is 5.32 Å². The van der Waals surface area contributed by atoms with E-state index in [0.29, 0.717) is 0 Å². The second kappa shape index (κ2) is 7.90. The number of nitrogens with one attached hydrogen (secondary N) is 1. The third-order valence-electron chi connectivity index (χ3n) is 3.43. The predicted molar refractivity (Wildman–Crippen MR) is 90.1 cm³/mol. The topological polar surface area (TPSA) is 98.5 Å². The summed E-state index contributed by atoms with van der Waals surface area (Å²) in [6.07, 6.45) is 0. The summed E-state index contributed by atoms with van der Waals surface area (Å²) in [4.78, 5) is 11.9. The number of nitrogens with two attached hydrogens (primary N) is 1. The lowest BCUT2D eigenvalue weighted by atomic mass is 9.87. The van der Waals surface area contributed by atoms with Crippen molar-refractivity contribution in [3.63, 3.8) is 0 Å². The van der Waals surface area contributed by atoms with Crippen LogP contribution in [-0.4, -0.2) is 46.4 Å². The van der Waals surface area contributed by atoms with E-state index in [-0.39, 0.29) is 29.2 Å². The van der Waals surface area contributed by atoms with E-state index in [1.807, 2.05) is 12.1 Å². The molecule has 0 aliphatic carbocycles. The molecule has 0 heterocycles. The molecule has 0 saturated carbocycles. The molecular weight excluding hydrogens is 316 g/mol. The lowest BCUT2D eigenvalue weighted by Crippen LogP contribution is -2.44. The van der Waals surface area contributed by atoms with Gasteiger partial charge in [-0.05, 0) is 23.1 Å². The van der Waals surface area contributed by atoms with Gasteiger partial charge >= 0.3 is 0 Å². The van der Waals surface area contributed by atoms with Crippen LogP contribution in [0.4, 0.5) is 0 Å². The summed E-state index contributed by atoms with van der Waals surface area (Å²) in [6, 6.07) is 6.05. The lowest BCUT2D eigenvalue weighted by molar-refractivity contribution is -0.123. The number of methoxy groups -OCH3 is 1. The second-order valence-electron chi connectivity index (χ2n) is 6.45. The molecule has 0 aliphatic rings. The molecule has 0 aliphatic heterocycles. The number of benzene rings is 1. The van der Waals surface area contributed by atoms with E-state index in [4.69, 9.17) is 10.5 Å². The number of carbonyl (C=O) groups is 1. The highest BCUT2D eigenvalue weighted by atomic mass is 32.2. The first kappa shape index (κ1) is 19.6. The maximum absolute atomic E-state index is 12.3. The average Bonchev–Trinajstić information content (AvgIpc) is 2.46. The second-order valence-corrected chi connectivity index (χ2v) is 8.56. The zero-order valence-electron chi connectivity index (χ0n) is 14.1. The van der Waals surface area contributed by atoms with Gasteiger partial charge in [-0.25, -0.2) is 8.42 Å². The molecule has 7 heteroatoms. The van der Waals surface area contributed by atoms with Crippen LogP contribution in [0.3, 0.4) is 0 Å². The molecule has 0 radical (unpaired) electrons. The molecular formula is C16H26N2O4S. The van der Waals surface area contributed by atoms with Gasteiger partial charge in [-0.3, -0.25) is 4.79 Å². The summed E-state index contributed by atoms with van der Waals surface area (Å²) in [5.41, 5.74) is 6.59. The molecule has 0 aromatic heterocycles. The van der Waals surface area contributed by atoms with Gasteiger partial charge in [-0.1, -0.05) is 32.9 Å². The van der Waals surface area contributed by atoms with Crippen molar-refractivity contribution < 1.29 is 17.9 Å². The Balaban J connectivity index is 2.64. The largest absolute Gasteiger partial charge is 0.383 e. The van der Waals surface area contributed by atoms with Crippen LogP contribution in [-0.2, 0) is 24.8 Å². The van der Waals surface area contributed by atoms with Crippen LogP contribution in [0, 0.1) is 0 Å². The number of amides is 1. The summed E-state index contributed by atoms with van der Waals surface area (Å²) in [6.45, 7) is 6.30. The summed E-state index contributed by atoms with van der Waals surface area (Å²) in [7, 11) is -2.00. The highest BCUT2D eigenvalue weighted by Crippen LogP contribution is 2.23. The fraction of sp³-hybridized carbons (Fsp3) is 0.562. The molecule has 130 valence electrons. The van der Waals surface area contributed by atoms with Crippen molar-refractivity contribution in [2.45, 2.75) is 37.1 Å².